The lowest BCUT2D eigenvalue weighted by Gasteiger charge is -2.15. The van der Waals surface area contributed by atoms with Gasteiger partial charge in [-0.05, 0) is 39.0 Å². The van der Waals surface area contributed by atoms with Crippen LogP contribution in [0.1, 0.15) is 97.3 Å². The Morgan fingerprint density at radius 1 is 0.960 bits per heavy atom. The number of ketones is 1. The van der Waals surface area contributed by atoms with Gasteiger partial charge in [0.2, 0.25) is 0 Å². The maximum absolute atomic E-state index is 11.4. The molecule has 0 radical (unpaired) electrons. The molecule has 0 heterocycles. The molecule has 1 atom stereocenters. The molecule has 0 fully saturated rings. The van der Waals surface area contributed by atoms with E-state index in [0.29, 0.717) is 5.78 Å². The molecule has 146 valence electrons. The zero-order chi connectivity index (χ0) is 18.8. The maximum Gasteiger partial charge on any atom is 0.321 e. The van der Waals surface area contributed by atoms with E-state index in [1.807, 2.05) is 0 Å². The Morgan fingerprint density at radius 2 is 1.64 bits per heavy atom. The van der Waals surface area contributed by atoms with Gasteiger partial charge in [0.1, 0.15) is 17.8 Å². The molecule has 3 nitrogen and oxygen atoms in total. The first-order valence-corrected chi connectivity index (χ1v) is 10.5. The summed E-state index contributed by atoms with van der Waals surface area (Å²) in [7, 11) is 0. The van der Waals surface area contributed by atoms with E-state index < -0.39 is 0 Å². The summed E-state index contributed by atoms with van der Waals surface area (Å²) in [5.74, 6) is -0.0955. The van der Waals surface area contributed by atoms with E-state index >= 15 is 0 Å². The van der Waals surface area contributed by atoms with Crippen LogP contribution in [0, 0.1) is 0 Å². The number of hydrogen-bond acceptors (Lipinski definition) is 3. The maximum atomic E-state index is 11.4. The summed E-state index contributed by atoms with van der Waals surface area (Å²) in [6.07, 6.45) is 18.3. The number of Topliss-reactive ketones (excluding diaryl/α,β-unsaturated/α-hetero) is 1. The highest BCUT2D eigenvalue weighted by Gasteiger charge is 2.12. The molecule has 0 aromatic rings. The predicted molar refractivity (Wildman–Crippen MR) is 106 cm³/mol. The first kappa shape index (κ1) is 24.2. The third kappa shape index (κ3) is 17.8. The molecule has 4 heteroatoms. The lowest BCUT2D eigenvalue weighted by atomic mass is 10.1. The minimum Gasteiger partial charge on any atom is -0.461 e. The molecule has 0 aromatic heterocycles. The molecule has 0 saturated heterocycles. The fraction of sp³-hybridized carbons (Fsp3) is 0.810. The SMILES string of the molecule is CCCCCCC(C/C=C/CCCCCCCC(C)=O)OC(=O)CCl. The number of carbonyl (C=O) groups excluding carboxylic acids is 2. The first-order chi connectivity index (χ1) is 12.1. The highest BCUT2D eigenvalue weighted by molar-refractivity contribution is 6.26. The lowest BCUT2D eigenvalue weighted by molar-refractivity contribution is -0.146. The fourth-order valence-corrected chi connectivity index (χ4v) is 2.84. The van der Waals surface area contributed by atoms with Crippen molar-refractivity contribution in [1.29, 1.82) is 0 Å². The van der Waals surface area contributed by atoms with E-state index in [4.69, 9.17) is 16.3 Å². The Kier molecular flexibility index (Phi) is 17.4. The Labute approximate surface area is 159 Å². The van der Waals surface area contributed by atoms with Gasteiger partial charge in [-0.2, -0.15) is 0 Å². The van der Waals surface area contributed by atoms with E-state index in [2.05, 4.69) is 19.1 Å². The Morgan fingerprint density at radius 3 is 2.32 bits per heavy atom. The van der Waals surface area contributed by atoms with Gasteiger partial charge in [-0.15, -0.1) is 11.6 Å². The quantitative estimate of drug-likeness (QED) is 0.129. The largest absolute Gasteiger partial charge is 0.461 e. The van der Waals surface area contributed by atoms with Crippen LogP contribution in [0.4, 0.5) is 0 Å². The molecule has 0 amide bonds. The van der Waals surface area contributed by atoms with Crippen LogP contribution >= 0.6 is 11.6 Å². The molecule has 25 heavy (non-hydrogen) atoms. The summed E-state index contributed by atoms with van der Waals surface area (Å²) in [4.78, 5) is 22.3. The summed E-state index contributed by atoms with van der Waals surface area (Å²) >= 11 is 5.54. The number of hydrogen-bond donors (Lipinski definition) is 0. The number of esters is 1. The third-order valence-corrected chi connectivity index (χ3v) is 4.47. The van der Waals surface area contributed by atoms with Gasteiger partial charge >= 0.3 is 5.97 Å². The van der Waals surface area contributed by atoms with Gasteiger partial charge in [0.15, 0.2) is 0 Å². The molecular weight excluding hydrogens is 336 g/mol. The van der Waals surface area contributed by atoms with Gasteiger partial charge in [0.05, 0.1) is 0 Å². The molecule has 0 saturated carbocycles. The van der Waals surface area contributed by atoms with Crippen LogP contribution in [-0.2, 0) is 14.3 Å². The average Bonchev–Trinajstić information content (AvgIpc) is 2.59. The van der Waals surface area contributed by atoms with Gasteiger partial charge in [0, 0.05) is 12.8 Å². The second-order valence-corrected chi connectivity index (χ2v) is 7.08. The molecule has 1 unspecified atom stereocenters. The number of carbonyl (C=O) groups is 2. The van der Waals surface area contributed by atoms with Gasteiger partial charge in [-0.25, -0.2) is 0 Å². The second kappa shape index (κ2) is 18.0. The molecule has 0 aromatic carbocycles. The summed E-state index contributed by atoms with van der Waals surface area (Å²) in [6.45, 7) is 3.85. The molecular formula is C21H37ClO3. The van der Waals surface area contributed by atoms with Crippen molar-refractivity contribution in [3.05, 3.63) is 12.2 Å². The minimum absolute atomic E-state index is 0.0362. The van der Waals surface area contributed by atoms with Crippen molar-refractivity contribution in [2.24, 2.45) is 0 Å². The smallest absolute Gasteiger partial charge is 0.321 e. The van der Waals surface area contributed by atoms with Gasteiger partial charge < -0.3 is 9.53 Å². The summed E-state index contributed by atoms with van der Waals surface area (Å²) in [5, 5.41) is 0. The van der Waals surface area contributed by atoms with Crippen molar-refractivity contribution in [2.75, 3.05) is 5.88 Å². The molecule has 0 aliphatic carbocycles. The summed E-state index contributed by atoms with van der Waals surface area (Å²) in [5.41, 5.74) is 0. The van der Waals surface area contributed by atoms with Crippen LogP contribution in [0.25, 0.3) is 0 Å². The zero-order valence-electron chi connectivity index (χ0n) is 16.2. The number of alkyl halides is 1. The average molecular weight is 373 g/mol. The molecule has 0 aliphatic rings. The van der Waals surface area contributed by atoms with Gasteiger partial charge in [0.25, 0.3) is 0 Å². The number of ether oxygens (including phenoxy) is 1. The van der Waals surface area contributed by atoms with Gasteiger partial charge in [-0.1, -0.05) is 57.6 Å². The number of allylic oxidation sites excluding steroid dienone is 1. The molecule has 0 bridgehead atoms. The van der Waals surface area contributed by atoms with Crippen molar-refractivity contribution in [1.82, 2.24) is 0 Å². The molecule has 0 spiro atoms. The summed E-state index contributed by atoms with van der Waals surface area (Å²) in [6, 6.07) is 0. The van der Waals surface area contributed by atoms with Crippen LogP contribution in [0.3, 0.4) is 0 Å². The normalized spacial score (nSPS) is 12.4. The topological polar surface area (TPSA) is 43.4 Å². The summed E-state index contributed by atoms with van der Waals surface area (Å²) < 4.78 is 5.42. The zero-order valence-corrected chi connectivity index (χ0v) is 17.0. The highest BCUT2D eigenvalue weighted by atomic mass is 35.5. The van der Waals surface area contributed by atoms with Crippen LogP contribution in [-0.4, -0.2) is 23.7 Å². The van der Waals surface area contributed by atoms with E-state index in [1.54, 1.807) is 6.92 Å². The predicted octanol–water partition coefficient (Wildman–Crippen LogP) is 6.37. The Bertz CT molecular complexity index is 366. The van der Waals surface area contributed by atoms with Crippen LogP contribution in [0.15, 0.2) is 12.2 Å². The van der Waals surface area contributed by atoms with Gasteiger partial charge in [-0.3, -0.25) is 4.79 Å². The highest BCUT2D eigenvalue weighted by Crippen LogP contribution is 2.13. The minimum atomic E-state index is -0.318. The van der Waals surface area contributed by atoms with Crippen molar-refractivity contribution >= 4 is 23.4 Å². The van der Waals surface area contributed by atoms with Crippen LogP contribution < -0.4 is 0 Å². The number of halogens is 1. The van der Waals surface area contributed by atoms with Crippen molar-refractivity contribution < 1.29 is 14.3 Å². The van der Waals surface area contributed by atoms with E-state index in [-0.39, 0.29) is 18.0 Å². The Balaban J connectivity index is 3.80. The van der Waals surface area contributed by atoms with Crippen molar-refractivity contribution in [2.45, 2.75) is 103 Å². The van der Waals surface area contributed by atoms with Crippen LogP contribution in [0.5, 0.6) is 0 Å². The van der Waals surface area contributed by atoms with E-state index in [9.17, 15) is 9.59 Å². The standard InChI is InChI=1S/C21H37ClO3/c1-3-4-5-13-16-20(25-21(24)18-22)17-14-11-9-7-6-8-10-12-15-19(2)23/h11,14,20H,3-10,12-13,15-18H2,1-2H3/b14-11+. The first-order valence-electron chi connectivity index (χ1n) is 10.00. The van der Waals surface area contributed by atoms with Crippen molar-refractivity contribution in [3.63, 3.8) is 0 Å². The van der Waals surface area contributed by atoms with Crippen molar-refractivity contribution in [3.8, 4) is 0 Å². The lowest BCUT2D eigenvalue weighted by Crippen LogP contribution is -2.18. The monoisotopic (exact) mass is 372 g/mol. The number of unbranched alkanes of at least 4 members (excludes halogenated alkanes) is 8. The van der Waals surface area contributed by atoms with Crippen LogP contribution in [0.2, 0.25) is 0 Å². The van der Waals surface area contributed by atoms with E-state index in [0.717, 1.165) is 44.9 Å². The molecule has 0 aliphatic heterocycles. The number of rotatable bonds is 17. The Hall–Kier alpha value is -0.830. The third-order valence-electron chi connectivity index (χ3n) is 4.25. The second-order valence-electron chi connectivity index (χ2n) is 6.81. The molecule has 0 N–H and O–H groups in total. The fourth-order valence-electron chi connectivity index (χ4n) is 2.77. The molecule has 0 rings (SSSR count). The van der Waals surface area contributed by atoms with E-state index in [1.165, 1.54) is 38.5 Å².